The lowest BCUT2D eigenvalue weighted by Crippen LogP contribution is -2.05. The average Bonchev–Trinajstić information content (AvgIpc) is 3.02. The lowest BCUT2D eigenvalue weighted by atomic mass is 9.97. The summed E-state index contributed by atoms with van der Waals surface area (Å²) in [4.78, 5) is 17.2. The molecular formula is C17H10BrNO3. The van der Waals surface area contributed by atoms with Crippen molar-refractivity contribution in [3.63, 3.8) is 0 Å². The topological polar surface area (TPSA) is 48.4 Å². The van der Waals surface area contributed by atoms with Gasteiger partial charge in [0, 0.05) is 27.8 Å². The van der Waals surface area contributed by atoms with E-state index in [1.165, 1.54) is 0 Å². The summed E-state index contributed by atoms with van der Waals surface area (Å²) in [6, 6.07) is 11.0. The van der Waals surface area contributed by atoms with E-state index in [1.54, 1.807) is 24.5 Å². The van der Waals surface area contributed by atoms with Crippen molar-refractivity contribution in [1.82, 2.24) is 4.98 Å². The molecule has 0 saturated heterocycles. The Morgan fingerprint density at radius 2 is 2.05 bits per heavy atom. The van der Waals surface area contributed by atoms with Crippen LogP contribution in [0.1, 0.15) is 15.9 Å². The summed E-state index contributed by atoms with van der Waals surface area (Å²) in [5, 5.41) is 1.79. The monoisotopic (exact) mass is 355 g/mol. The Kier molecular flexibility index (Phi) is 3.08. The minimum Gasteiger partial charge on any atom is -0.454 e. The van der Waals surface area contributed by atoms with Gasteiger partial charge in [-0.2, -0.15) is 0 Å². The molecule has 1 aliphatic rings. The maximum Gasteiger partial charge on any atom is 0.231 e. The highest BCUT2D eigenvalue weighted by Gasteiger charge is 2.26. The van der Waals surface area contributed by atoms with Crippen molar-refractivity contribution in [2.75, 3.05) is 6.79 Å². The molecule has 1 aliphatic heterocycles. The zero-order valence-electron chi connectivity index (χ0n) is 11.4. The van der Waals surface area contributed by atoms with Gasteiger partial charge in [0.2, 0.25) is 6.79 Å². The Bertz CT molecular complexity index is 902. The average molecular weight is 356 g/mol. The standard InChI is InChI=1S/C17H10BrNO3/c18-13-4-5-14-17(22-9-21-14)15(13)16(20)12-3-1-2-10-8-19-7-6-11(10)12/h1-8H,9H2. The fourth-order valence-corrected chi connectivity index (χ4v) is 3.11. The number of fused-ring (bicyclic) bond motifs is 2. The van der Waals surface area contributed by atoms with Gasteiger partial charge >= 0.3 is 0 Å². The second kappa shape index (κ2) is 5.10. The van der Waals surface area contributed by atoms with Crippen LogP contribution in [-0.2, 0) is 0 Å². The van der Waals surface area contributed by atoms with Crippen LogP contribution in [0.5, 0.6) is 11.5 Å². The molecule has 5 heteroatoms. The molecule has 0 unspecified atom stereocenters. The highest BCUT2D eigenvalue weighted by molar-refractivity contribution is 9.10. The Morgan fingerprint density at radius 1 is 1.14 bits per heavy atom. The molecule has 3 aromatic rings. The molecule has 4 rings (SSSR count). The van der Waals surface area contributed by atoms with Gasteiger partial charge in [0.15, 0.2) is 17.3 Å². The largest absolute Gasteiger partial charge is 0.454 e. The number of carbonyl (C=O) groups is 1. The van der Waals surface area contributed by atoms with Crippen LogP contribution in [0.25, 0.3) is 10.8 Å². The normalized spacial score (nSPS) is 12.6. The molecule has 22 heavy (non-hydrogen) atoms. The summed E-state index contributed by atoms with van der Waals surface area (Å²) in [6.07, 6.45) is 3.43. The van der Waals surface area contributed by atoms with Crippen molar-refractivity contribution >= 4 is 32.5 Å². The highest BCUT2D eigenvalue weighted by Crippen LogP contribution is 2.41. The van der Waals surface area contributed by atoms with Crippen LogP contribution in [0.15, 0.2) is 53.3 Å². The smallest absolute Gasteiger partial charge is 0.231 e. The van der Waals surface area contributed by atoms with Crippen molar-refractivity contribution in [3.8, 4) is 11.5 Å². The number of aromatic nitrogens is 1. The SMILES string of the molecule is O=C(c1c(Br)ccc2c1OCO2)c1cccc2cnccc12. The van der Waals surface area contributed by atoms with Crippen LogP contribution < -0.4 is 9.47 Å². The van der Waals surface area contributed by atoms with Crippen LogP contribution in [-0.4, -0.2) is 17.6 Å². The number of hydrogen-bond donors (Lipinski definition) is 0. The second-order valence-electron chi connectivity index (χ2n) is 4.89. The maximum atomic E-state index is 13.1. The molecule has 4 nitrogen and oxygen atoms in total. The molecule has 0 atom stereocenters. The fraction of sp³-hybridized carbons (Fsp3) is 0.0588. The molecule has 0 aliphatic carbocycles. The lowest BCUT2D eigenvalue weighted by Gasteiger charge is -2.09. The summed E-state index contributed by atoms with van der Waals surface area (Å²) in [6.45, 7) is 0.130. The number of pyridine rings is 1. The van der Waals surface area contributed by atoms with Gasteiger partial charge < -0.3 is 9.47 Å². The van der Waals surface area contributed by atoms with Gasteiger partial charge in [-0.3, -0.25) is 9.78 Å². The summed E-state index contributed by atoms with van der Waals surface area (Å²) < 4.78 is 11.5. The minimum absolute atomic E-state index is 0.106. The molecule has 0 saturated carbocycles. The van der Waals surface area contributed by atoms with E-state index >= 15 is 0 Å². The second-order valence-corrected chi connectivity index (χ2v) is 5.74. The number of ether oxygens (including phenoxy) is 2. The summed E-state index contributed by atoms with van der Waals surface area (Å²) in [5.74, 6) is 0.977. The molecule has 1 aromatic heterocycles. The Balaban J connectivity index is 1.94. The maximum absolute atomic E-state index is 13.1. The van der Waals surface area contributed by atoms with Gasteiger partial charge in [-0.1, -0.05) is 18.2 Å². The van der Waals surface area contributed by atoms with E-state index in [9.17, 15) is 4.79 Å². The van der Waals surface area contributed by atoms with E-state index < -0.39 is 0 Å². The number of ketones is 1. The van der Waals surface area contributed by atoms with Gasteiger partial charge in [0.05, 0.1) is 5.56 Å². The van der Waals surface area contributed by atoms with Gasteiger partial charge in [-0.15, -0.1) is 0 Å². The molecular weight excluding hydrogens is 346 g/mol. The van der Waals surface area contributed by atoms with E-state index in [0.717, 1.165) is 10.8 Å². The number of nitrogens with zero attached hydrogens (tertiary/aromatic N) is 1. The highest BCUT2D eigenvalue weighted by atomic mass is 79.9. The molecule has 2 heterocycles. The molecule has 2 aromatic carbocycles. The van der Waals surface area contributed by atoms with Crippen LogP contribution in [0.4, 0.5) is 0 Å². The molecule has 0 fully saturated rings. The first-order valence-electron chi connectivity index (χ1n) is 6.71. The van der Waals surface area contributed by atoms with Crippen LogP contribution >= 0.6 is 15.9 Å². The number of halogens is 1. The first kappa shape index (κ1) is 13.3. The fourth-order valence-electron chi connectivity index (χ4n) is 2.62. The summed E-state index contributed by atoms with van der Waals surface area (Å²) >= 11 is 3.44. The Morgan fingerprint density at radius 3 is 2.95 bits per heavy atom. The van der Waals surface area contributed by atoms with Crippen molar-refractivity contribution in [2.24, 2.45) is 0 Å². The third-order valence-corrected chi connectivity index (χ3v) is 4.30. The number of hydrogen-bond acceptors (Lipinski definition) is 4. The van der Waals surface area contributed by atoms with Crippen molar-refractivity contribution in [3.05, 3.63) is 64.4 Å². The lowest BCUT2D eigenvalue weighted by molar-refractivity contribution is 0.103. The van der Waals surface area contributed by atoms with E-state index in [-0.39, 0.29) is 12.6 Å². The zero-order valence-corrected chi connectivity index (χ0v) is 13.0. The van der Waals surface area contributed by atoms with Crippen molar-refractivity contribution in [1.29, 1.82) is 0 Å². The third kappa shape index (κ3) is 1.97. The molecule has 0 N–H and O–H groups in total. The quantitative estimate of drug-likeness (QED) is 0.653. The molecule has 0 radical (unpaired) electrons. The van der Waals surface area contributed by atoms with Gasteiger partial charge in [0.1, 0.15) is 0 Å². The van der Waals surface area contributed by atoms with Gasteiger partial charge in [0.25, 0.3) is 0 Å². The number of benzene rings is 2. The van der Waals surface area contributed by atoms with Gasteiger partial charge in [-0.05, 0) is 39.5 Å². The Labute approximate surface area is 134 Å². The number of rotatable bonds is 2. The van der Waals surface area contributed by atoms with E-state index in [4.69, 9.17) is 9.47 Å². The molecule has 0 amide bonds. The molecule has 0 spiro atoms. The predicted molar refractivity (Wildman–Crippen MR) is 85.4 cm³/mol. The molecule has 0 bridgehead atoms. The summed E-state index contributed by atoms with van der Waals surface area (Å²) in [7, 11) is 0. The zero-order chi connectivity index (χ0) is 15.1. The Hall–Kier alpha value is -2.40. The first-order valence-corrected chi connectivity index (χ1v) is 7.50. The first-order chi connectivity index (χ1) is 10.8. The van der Waals surface area contributed by atoms with Crippen molar-refractivity contribution in [2.45, 2.75) is 0 Å². The summed E-state index contributed by atoms with van der Waals surface area (Å²) in [5.41, 5.74) is 1.10. The van der Waals surface area contributed by atoms with Crippen LogP contribution in [0.3, 0.4) is 0 Å². The van der Waals surface area contributed by atoms with E-state index in [1.807, 2.05) is 24.3 Å². The van der Waals surface area contributed by atoms with Crippen LogP contribution in [0.2, 0.25) is 0 Å². The third-order valence-electron chi connectivity index (χ3n) is 3.64. The number of carbonyl (C=O) groups excluding carboxylic acids is 1. The minimum atomic E-state index is -0.106. The van der Waals surface area contributed by atoms with E-state index in [0.29, 0.717) is 27.1 Å². The molecule has 108 valence electrons. The van der Waals surface area contributed by atoms with Crippen LogP contribution in [0, 0.1) is 0 Å². The van der Waals surface area contributed by atoms with Gasteiger partial charge in [-0.25, -0.2) is 0 Å². The van der Waals surface area contributed by atoms with Crippen molar-refractivity contribution < 1.29 is 14.3 Å². The van der Waals surface area contributed by atoms with E-state index in [2.05, 4.69) is 20.9 Å². The predicted octanol–water partition coefficient (Wildman–Crippen LogP) is 3.96.